The first-order valence-corrected chi connectivity index (χ1v) is 9.09. The number of rotatable bonds is 6. The summed E-state index contributed by atoms with van der Waals surface area (Å²) in [5.41, 5.74) is 6.98. The highest BCUT2D eigenvalue weighted by molar-refractivity contribution is 5.96. The minimum Gasteiger partial charge on any atom is -0.324 e. The molecule has 0 spiro atoms. The Morgan fingerprint density at radius 3 is 1.63 bits per heavy atom. The van der Waals surface area contributed by atoms with E-state index in [0.29, 0.717) is 0 Å². The molecule has 0 aliphatic rings. The summed E-state index contributed by atoms with van der Waals surface area (Å²) >= 11 is 0. The van der Waals surface area contributed by atoms with Gasteiger partial charge in [-0.05, 0) is 63.9 Å². The first-order valence-electron chi connectivity index (χ1n) is 9.09. The normalized spacial score (nSPS) is 10.8. The number of benzene rings is 2. The van der Waals surface area contributed by atoms with Gasteiger partial charge in [0, 0.05) is 11.4 Å². The minimum atomic E-state index is -0.134. The van der Waals surface area contributed by atoms with Crippen molar-refractivity contribution in [3.05, 3.63) is 58.1 Å². The summed E-state index contributed by atoms with van der Waals surface area (Å²) in [6.45, 7) is 10.2. The van der Waals surface area contributed by atoms with Crippen LogP contribution in [0.3, 0.4) is 0 Å². The number of hydrogen-bond acceptors (Lipinski definition) is 3. The van der Waals surface area contributed by atoms with Gasteiger partial charge in [-0.3, -0.25) is 14.5 Å². The van der Waals surface area contributed by atoms with E-state index in [-0.39, 0.29) is 24.9 Å². The van der Waals surface area contributed by atoms with Gasteiger partial charge in [-0.2, -0.15) is 0 Å². The van der Waals surface area contributed by atoms with E-state index in [1.165, 1.54) is 5.56 Å². The highest BCUT2D eigenvalue weighted by Gasteiger charge is 2.14. The van der Waals surface area contributed by atoms with Gasteiger partial charge in [-0.1, -0.05) is 35.9 Å². The number of anilines is 2. The Bertz CT molecular complexity index is 815. The number of carbonyl (C=O) groups is 2. The third kappa shape index (κ3) is 5.66. The molecule has 0 saturated carbocycles. The molecular formula is C22H29N3O2. The molecule has 0 heterocycles. The Morgan fingerprint density at radius 2 is 1.19 bits per heavy atom. The maximum atomic E-state index is 12.4. The van der Waals surface area contributed by atoms with Gasteiger partial charge in [0.1, 0.15) is 0 Å². The standard InChI is InChI=1S/C22H29N3O2/c1-14-10-17(4)22(18(5)11-14)24-20(27)13-25(6)12-19(26)23-21-15(2)8-7-9-16(21)3/h7-11H,12-13H2,1-6H3,(H,23,26)(H,24,27). The van der Waals surface area contributed by atoms with Crippen LogP contribution < -0.4 is 10.6 Å². The van der Waals surface area contributed by atoms with Gasteiger partial charge in [0.05, 0.1) is 13.1 Å². The SMILES string of the molecule is Cc1cc(C)c(NC(=O)CN(C)CC(=O)Nc2c(C)cccc2C)c(C)c1. The summed E-state index contributed by atoms with van der Waals surface area (Å²) in [5, 5.41) is 5.91. The summed E-state index contributed by atoms with van der Waals surface area (Å²) in [5.74, 6) is -0.266. The molecule has 144 valence electrons. The van der Waals surface area contributed by atoms with Crippen LogP contribution in [0.5, 0.6) is 0 Å². The van der Waals surface area contributed by atoms with Crippen molar-refractivity contribution >= 4 is 23.2 Å². The minimum absolute atomic E-state index is 0.132. The smallest absolute Gasteiger partial charge is 0.238 e. The Morgan fingerprint density at radius 1 is 0.778 bits per heavy atom. The fraction of sp³-hybridized carbons (Fsp3) is 0.364. The van der Waals surface area contributed by atoms with E-state index in [1.807, 2.05) is 65.0 Å². The highest BCUT2D eigenvalue weighted by Crippen LogP contribution is 2.22. The van der Waals surface area contributed by atoms with E-state index < -0.39 is 0 Å². The lowest BCUT2D eigenvalue weighted by Gasteiger charge is -2.18. The number of carbonyl (C=O) groups excluding carboxylic acids is 2. The highest BCUT2D eigenvalue weighted by atomic mass is 16.2. The van der Waals surface area contributed by atoms with E-state index in [9.17, 15) is 9.59 Å². The summed E-state index contributed by atoms with van der Waals surface area (Å²) in [7, 11) is 1.76. The third-order valence-corrected chi connectivity index (χ3v) is 4.51. The monoisotopic (exact) mass is 367 g/mol. The molecule has 5 nitrogen and oxygen atoms in total. The van der Waals surface area contributed by atoms with Gasteiger partial charge in [0.15, 0.2) is 0 Å². The van der Waals surface area contributed by atoms with E-state index in [1.54, 1.807) is 11.9 Å². The van der Waals surface area contributed by atoms with Crippen molar-refractivity contribution in [2.45, 2.75) is 34.6 Å². The number of para-hydroxylation sites is 1. The number of nitrogens with one attached hydrogen (secondary N) is 2. The van der Waals surface area contributed by atoms with Gasteiger partial charge in [-0.25, -0.2) is 0 Å². The van der Waals surface area contributed by atoms with Crippen molar-refractivity contribution in [1.82, 2.24) is 4.90 Å². The number of amides is 2. The summed E-state index contributed by atoms with van der Waals surface area (Å²) in [6.07, 6.45) is 0. The zero-order valence-corrected chi connectivity index (χ0v) is 17.1. The predicted molar refractivity (Wildman–Crippen MR) is 111 cm³/mol. The molecule has 5 heteroatoms. The van der Waals surface area contributed by atoms with Crippen LogP contribution in [0.25, 0.3) is 0 Å². The lowest BCUT2D eigenvalue weighted by Crippen LogP contribution is -2.36. The zero-order chi connectivity index (χ0) is 20.1. The van der Waals surface area contributed by atoms with Crippen molar-refractivity contribution < 1.29 is 9.59 Å². The van der Waals surface area contributed by atoms with E-state index >= 15 is 0 Å². The van der Waals surface area contributed by atoms with Crippen LogP contribution in [-0.4, -0.2) is 36.9 Å². The molecule has 0 aliphatic heterocycles. The van der Waals surface area contributed by atoms with Gasteiger partial charge in [-0.15, -0.1) is 0 Å². The van der Waals surface area contributed by atoms with Crippen molar-refractivity contribution in [2.24, 2.45) is 0 Å². The molecule has 0 atom stereocenters. The second-order valence-electron chi connectivity index (χ2n) is 7.31. The number of aryl methyl sites for hydroxylation is 5. The largest absolute Gasteiger partial charge is 0.324 e. The van der Waals surface area contributed by atoms with Crippen molar-refractivity contribution in [3.8, 4) is 0 Å². The van der Waals surface area contributed by atoms with Gasteiger partial charge in [0.25, 0.3) is 0 Å². The van der Waals surface area contributed by atoms with Crippen molar-refractivity contribution in [1.29, 1.82) is 0 Å². The maximum Gasteiger partial charge on any atom is 0.238 e. The Balaban J connectivity index is 1.92. The number of likely N-dealkylation sites (N-methyl/N-ethyl adjacent to an activating group) is 1. The van der Waals surface area contributed by atoms with Crippen LogP contribution in [0.4, 0.5) is 11.4 Å². The molecule has 27 heavy (non-hydrogen) atoms. The first kappa shape index (κ1) is 20.6. The van der Waals surface area contributed by atoms with E-state index in [4.69, 9.17) is 0 Å². The predicted octanol–water partition coefficient (Wildman–Crippen LogP) is 3.74. The first-order chi connectivity index (χ1) is 12.7. The molecule has 0 unspecified atom stereocenters. The van der Waals surface area contributed by atoms with Crippen LogP contribution >= 0.6 is 0 Å². The maximum absolute atomic E-state index is 12.4. The van der Waals surface area contributed by atoms with Crippen molar-refractivity contribution in [2.75, 3.05) is 30.8 Å². The number of hydrogen-bond donors (Lipinski definition) is 2. The molecule has 0 fully saturated rings. The van der Waals surface area contributed by atoms with Gasteiger partial charge >= 0.3 is 0 Å². The molecule has 0 saturated heterocycles. The zero-order valence-electron chi connectivity index (χ0n) is 17.1. The van der Waals surface area contributed by atoms with Crippen LogP contribution in [0.2, 0.25) is 0 Å². The van der Waals surface area contributed by atoms with Crippen LogP contribution in [0.1, 0.15) is 27.8 Å². The fourth-order valence-corrected chi connectivity index (χ4v) is 3.29. The van der Waals surface area contributed by atoms with Gasteiger partial charge < -0.3 is 10.6 Å². The molecule has 0 aromatic heterocycles. The second kappa shape index (κ2) is 8.82. The molecule has 2 rings (SSSR count). The quantitative estimate of drug-likeness (QED) is 0.818. The number of nitrogens with zero attached hydrogens (tertiary/aromatic N) is 1. The lowest BCUT2D eigenvalue weighted by molar-refractivity contribution is -0.119. The Kier molecular flexibility index (Phi) is 6.75. The van der Waals surface area contributed by atoms with Crippen molar-refractivity contribution in [3.63, 3.8) is 0 Å². The molecule has 0 radical (unpaired) electrons. The average Bonchev–Trinajstić information content (AvgIpc) is 2.54. The van der Waals surface area contributed by atoms with Crippen LogP contribution in [-0.2, 0) is 9.59 Å². The van der Waals surface area contributed by atoms with Gasteiger partial charge in [0.2, 0.25) is 11.8 Å². The van der Waals surface area contributed by atoms with Crippen LogP contribution in [0.15, 0.2) is 30.3 Å². The molecular weight excluding hydrogens is 338 g/mol. The molecule has 2 aromatic carbocycles. The molecule has 2 aromatic rings. The Labute approximate surface area is 161 Å². The lowest BCUT2D eigenvalue weighted by atomic mass is 10.1. The van der Waals surface area contributed by atoms with Crippen LogP contribution in [0, 0.1) is 34.6 Å². The summed E-state index contributed by atoms with van der Waals surface area (Å²) in [4.78, 5) is 26.4. The van der Waals surface area contributed by atoms with E-state index in [0.717, 1.165) is 33.6 Å². The molecule has 2 N–H and O–H groups in total. The summed E-state index contributed by atoms with van der Waals surface area (Å²) in [6, 6.07) is 9.98. The topological polar surface area (TPSA) is 61.4 Å². The average molecular weight is 367 g/mol. The third-order valence-electron chi connectivity index (χ3n) is 4.51. The molecule has 0 bridgehead atoms. The summed E-state index contributed by atoms with van der Waals surface area (Å²) < 4.78 is 0. The Hall–Kier alpha value is -2.66. The van der Waals surface area contributed by atoms with E-state index in [2.05, 4.69) is 10.6 Å². The second-order valence-corrected chi connectivity index (χ2v) is 7.31. The molecule has 2 amide bonds. The molecule has 0 aliphatic carbocycles. The fourth-order valence-electron chi connectivity index (χ4n) is 3.29.